The van der Waals surface area contributed by atoms with Gasteiger partial charge in [-0.3, -0.25) is 9.69 Å². The van der Waals surface area contributed by atoms with Crippen LogP contribution in [0.3, 0.4) is 0 Å². The summed E-state index contributed by atoms with van der Waals surface area (Å²) in [5.41, 5.74) is 0. The van der Waals surface area contributed by atoms with Crippen molar-refractivity contribution in [3.63, 3.8) is 0 Å². The van der Waals surface area contributed by atoms with Crippen LogP contribution < -0.4 is 5.32 Å². The first-order chi connectivity index (χ1) is 4.93. The smallest absolute Gasteiger partial charge is 0.324 e. The molecule has 0 spiro atoms. The standard InChI is InChI=1S/C4H6N2O2/c1-6-3(7)2-5-4(6)8/h2H2,1H3,(H,5,8)/i1D3. The molecule has 0 radical (unpaired) electrons. The number of nitrogens with one attached hydrogen (secondary N) is 1. The van der Waals surface area contributed by atoms with Crippen LogP contribution in [0, 0.1) is 0 Å². The first-order valence-corrected chi connectivity index (χ1v) is 2.04. The third-order valence-electron chi connectivity index (χ3n) is 0.843. The number of urea groups is 1. The fourth-order valence-electron chi connectivity index (χ4n) is 0.423. The molecule has 1 aliphatic rings. The lowest BCUT2D eigenvalue weighted by atomic mass is 10.6. The lowest BCUT2D eigenvalue weighted by molar-refractivity contribution is -0.124. The van der Waals surface area contributed by atoms with Crippen molar-refractivity contribution in [3.05, 3.63) is 0 Å². The molecule has 4 heteroatoms. The number of hydrogen-bond acceptors (Lipinski definition) is 2. The Kier molecular flexibility index (Phi) is 0.455. The highest BCUT2D eigenvalue weighted by Gasteiger charge is 2.23. The first kappa shape index (κ1) is 2.48. The minimum absolute atomic E-state index is 0.225. The van der Waals surface area contributed by atoms with Crippen molar-refractivity contribution < 1.29 is 13.7 Å². The first-order valence-electron chi connectivity index (χ1n) is 3.54. The Balaban J connectivity index is 2.85. The van der Waals surface area contributed by atoms with Gasteiger partial charge in [0.05, 0.1) is 6.54 Å². The van der Waals surface area contributed by atoms with E-state index in [1.54, 1.807) is 0 Å². The number of nitrogens with zero attached hydrogens (tertiary/aromatic N) is 1. The molecule has 0 aromatic heterocycles. The van der Waals surface area contributed by atoms with E-state index < -0.39 is 18.9 Å². The fourth-order valence-corrected chi connectivity index (χ4v) is 0.423. The van der Waals surface area contributed by atoms with Gasteiger partial charge in [0.25, 0.3) is 0 Å². The van der Waals surface area contributed by atoms with E-state index in [0.717, 1.165) is 0 Å². The number of carbonyl (C=O) groups is 2. The Hall–Kier alpha value is -1.06. The molecule has 0 aliphatic carbocycles. The summed E-state index contributed by atoms with van der Waals surface area (Å²) in [7, 11) is 0. The highest BCUT2D eigenvalue weighted by atomic mass is 16.2. The highest BCUT2D eigenvalue weighted by Crippen LogP contribution is 1.91. The third-order valence-corrected chi connectivity index (χ3v) is 0.843. The summed E-state index contributed by atoms with van der Waals surface area (Å²) in [6.45, 7) is -2.88. The van der Waals surface area contributed by atoms with E-state index in [0.29, 0.717) is 0 Å². The molecule has 1 heterocycles. The van der Waals surface area contributed by atoms with Crippen LogP contribution in [0.5, 0.6) is 0 Å². The van der Waals surface area contributed by atoms with Crippen molar-refractivity contribution in [1.29, 1.82) is 0 Å². The molecule has 0 bridgehead atoms. The van der Waals surface area contributed by atoms with Gasteiger partial charge in [-0.1, -0.05) is 0 Å². The normalized spacial score (nSPS) is 26.5. The van der Waals surface area contributed by atoms with Crippen LogP contribution in [-0.2, 0) is 4.79 Å². The second-order valence-electron chi connectivity index (χ2n) is 1.39. The van der Waals surface area contributed by atoms with E-state index >= 15 is 0 Å². The molecular formula is C4H6N2O2. The van der Waals surface area contributed by atoms with Crippen LogP contribution in [0.15, 0.2) is 0 Å². The highest BCUT2D eigenvalue weighted by molar-refractivity contribution is 6.01. The maximum absolute atomic E-state index is 10.7. The van der Waals surface area contributed by atoms with Crippen molar-refractivity contribution in [2.75, 3.05) is 13.5 Å². The van der Waals surface area contributed by atoms with Gasteiger partial charge in [0.15, 0.2) is 0 Å². The number of hydrogen-bond donors (Lipinski definition) is 1. The molecule has 0 saturated carbocycles. The number of imide groups is 1. The summed E-state index contributed by atoms with van der Waals surface area (Å²) in [5.74, 6) is -0.713. The molecule has 0 atom stereocenters. The number of carbonyl (C=O) groups excluding carboxylic acids is 2. The summed E-state index contributed by atoms with van der Waals surface area (Å²) in [6, 6.07) is -0.852. The van der Waals surface area contributed by atoms with Gasteiger partial charge >= 0.3 is 6.03 Å². The van der Waals surface area contributed by atoms with E-state index in [1.807, 2.05) is 0 Å². The van der Waals surface area contributed by atoms with E-state index in [-0.39, 0.29) is 11.4 Å². The minimum Gasteiger partial charge on any atom is -0.329 e. The fraction of sp³-hybridized carbons (Fsp3) is 0.500. The van der Waals surface area contributed by atoms with Crippen LogP contribution in [0.2, 0.25) is 0 Å². The molecule has 4 nitrogen and oxygen atoms in total. The Labute approximate surface area is 50.7 Å². The van der Waals surface area contributed by atoms with Crippen LogP contribution in [-0.4, -0.2) is 30.4 Å². The Morgan fingerprint density at radius 3 is 2.88 bits per heavy atom. The molecule has 1 N–H and O–H groups in total. The SMILES string of the molecule is [2H]C([2H])([2H])N1C(=O)CNC1=O. The largest absolute Gasteiger partial charge is 0.329 e. The molecule has 1 aliphatic heterocycles. The predicted octanol–water partition coefficient (Wildman–Crippen LogP) is -0.832. The summed E-state index contributed by atoms with van der Waals surface area (Å²) in [6.07, 6.45) is 0. The van der Waals surface area contributed by atoms with Crippen LogP contribution in [0.1, 0.15) is 4.11 Å². The van der Waals surface area contributed by atoms with E-state index in [1.165, 1.54) is 0 Å². The van der Waals surface area contributed by atoms with E-state index in [2.05, 4.69) is 5.32 Å². The van der Waals surface area contributed by atoms with Crippen molar-refractivity contribution in [1.82, 2.24) is 10.2 Å². The van der Waals surface area contributed by atoms with E-state index in [9.17, 15) is 9.59 Å². The van der Waals surface area contributed by atoms with Gasteiger partial charge in [-0.05, 0) is 0 Å². The summed E-state index contributed by atoms with van der Waals surface area (Å²) >= 11 is 0. The molecule has 0 aromatic carbocycles. The zero-order valence-corrected chi connectivity index (χ0v) is 3.97. The molecule has 0 unspecified atom stereocenters. The third kappa shape index (κ3) is 0.538. The average molecular weight is 117 g/mol. The van der Waals surface area contributed by atoms with Crippen LogP contribution >= 0.6 is 0 Å². The summed E-state index contributed by atoms with van der Waals surface area (Å²) < 4.78 is 20.3. The Morgan fingerprint density at radius 2 is 2.62 bits per heavy atom. The molecular weight excluding hydrogens is 108 g/mol. The summed E-state index contributed by atoms with van der Waals surface area (Å²) in [5, 5.41) is 2.10. The Morgan fingerprint density at radius 1 is 1.88 bits per heavy atom. The van der Waals surface area contributed by atoms with Crippen molar-refractivity contribution in [2.45, 2.75) is 0 Å². The number of rotatable bonds is 0. The maximum Gasteiger partial charge on any atom is 0.324 e. The quantitative estimate of drug-likeness (QED) is 0.421. The summed E-state index contributed by atoms with van der Waals surface area (Å²) in [4.78, 5) is 21.6. The van der Waals surface area contributed by atoms with Crippen LogP contribution in [0.25, 0.3) is 0 Å². The van der Waals surface area contributed by atoms with Gasteiger partial charge in [-0.25, -0.2) is 4.79 Å². The Bertz CT molecular complexity index is 196. The number of amides is 3. The van der Waals surface area contributed by atoms with Gasteiger partial charge in [0.1, 0.15) is 0 Å². The van der Waals surface area contributed by atoms with Crippen molar-refractivity contribution >= 4 is 11.9 Å². The average Bonchev–Trinajstić information content (AvgIpc) is 2.08. The van der Waals surface area contributed by atoms with E-state index in [4.69, 9.17) is 4.11 Å². The zero-order chi connectivity index (χ0) is 8.65. The molecule has 44 valence electrons. The molecule has 8 heavy (non-hydrogen) atoms. The molecule has 3 amide bonds. The lowest BCUT2D eigenvalue weighted by Crippen LogP contribution is -2.25. The maximum atomic E-state index is 10.7. The predicted molar refractivity (Wildman–Crippen MR) is 26.2 cm³/mol. The van der Waals surface area contributed by atoms with Crippen LogP contribution in [0.4, 0.5) is 4.79 Å². The lowest BCUT2D eigenvalue weighted by Gasteiger charge is -1.99. The second-order valence-corrected chi connectivity index (χ2v) is 1.39. The molecule has 1 saturated heterocycles. The monoisotopic (exact) mass is 117 g/mol. The number of likely N-dealkylation sites (N-methyl/N-ethyl adjacent to an activating group) is 1. The minimum atomic E-state index is -2.66. The van der Waals surface area contributed by atoms with Gasteiger partial charge < -0.3 is 5.32 Å². The van der Waals surface area contributed by atoms with Crippen molar-refractivity contribution in [2.24, 2.45) is 0 Å². The van der Waals surface area contributed by atoms with Gasteiger partial charge in [-0.15, -0.1) is 0 Å². The topological polar surface area (TPSA) is 49.4 Å². The molecule has 1 fully saturated rings. The van der Waals surface area contributed by atoms with Gasteiger partial charge in [0.2, 0.25) is 5.91 Å². The second kappa shape index (κ2) is 1.47. The molecule has 0 aromatic rings. The van der Waals surface area contributed by atoms with Gasteiger partial charge in [-0.2, -0.15) is 0 Å². The zero-order valence-electron chi connectivity index (χ0n) is 6.97. The molecule has 1 rings (SSSR count). The van der Waals surface area contributed by atoms with Crippen molar-refractivity contribution in [3.8, 4) is 0 Å². The van der Waals surface area contributed by atoms with Gasteiger partial charge in [0, 0.05) is 11.1 Å².